The second kappa shape index (κ2) is 6.30. The fraction of sp³-hybridized carbons (Fsp3) is 0.571. The van der Waals surface area contributed by atoms with Crippen LogP contribution in [0.2, 0.25) is 0 Å². The van der Waals surface area contributed by atoms with E-state index in [2.05, 4.69) is 20.3 Å². The van der Waals surface area contributed by atoms with Gasteiger partial charge in [0, 0.05) is 12.3 Å². The summed E-state index contributed by atoms with van der Waals surface area (Å²) in [6.07, 6.45) is -0.566. The number of hydrogen-bond donors (Lipinski definition) is 4. The van der Waals surface area contributed by atoms with E-state index in [1.54, 1.807) is 13.8 Å². The third kappa shape index (κ3) is 2.90. The Morgan fingerprint density at radius 1 is 1.58 bits per heavy atom. The molecule has 10 heteroatoms. The Hall–Kier alpha value is -2.30. The Morgan fingerprint density at radius 2 is 2.33 bits per heavy atom. The van der Waals surface area contributed by atoms with Crippen molar-refractivity contribution in [3.63, 3.8) is 0 Å². The number of hydrogen-bond acceptors (Lipinski definition) is 7. The van der Waals surface area contributed by atoms with E-state index < -0.39 is 24.0 Å². The second-order valence-electron chi connectivity index (χ2n) is 6.02. The number of imidazole rings is 1. The van der Waals surface area contributed by atoms with E-state index >= 15 is 0 Å². The highest BCUT2D eigenvalue weighted by molar-refractivity contribution is 5.91. The number of H-pyrrole nitrogens is 1. The molecule has 24 heavy (non-hydrogen) atoms. The van der Waals surface area contributed by atoms with Gasteiger partial charge in [0.25, 0.3) is 5.56 Å². The lowest BCUT2D eigenvalue weighted by Gasteiger charge is -2.16. The first-order valence-electron chi connectivity index (χ1n) is 7.62. The van der Waals surface area contributed by atoms with Crippen LogP contribution in [0.3, 0.4) is 0 Å². The SMILES string of the molecule is CC(C)C(=O)Nc1nc2c(ncn2[C@@H]2O[C@H](CO)C[C@H]2O)c(=O)[nH]1. The quantitative estimate of drug-likeness (QED) is 0.581. The highest BCUT2D eigenvalue weighted by atomic mass is 16.5. The van der Waals surface area contributed by atoms with Gasteiger partial charge in [-0.15, -0.1) is 0 Å². The van der Waals surface area contributed by atoms with Crippen LogP contribution < -0.4 is 10.9 Å². The van der Waals surface area contributed by atoms with Crippen molar-refractivity contribution in [2.75, 3.05) is 11.9 Å². The predicted molar refractivity (Wildman–Crippen MR) is 83.2 cm³/mol. The molecule has 1 aliphatic rings. The normalized spacial score (nSPS) is 24.0. The summed E-state index contributed by atoms with van der Waals surface area (Å²) < 4.78 is 6.98. The summed E-state index contributed by atoms with van der Waals surface area (Å²) in [6.45, 7) is 3.21. The van der Waals surface area contributed by atoms with Gasteiger partial charge in [-0.2, -0.15) is 4.98 Å². The van der Waals surface area contributed by atoms with E-state index in [0.29, 0.717) is 0 Å². The summed E-state index contributed by atoms with van der Waals surface area (Å²) in [5.41, 5.74) is -0.259. The van der Waals surface area contributed by atoms with Gasteiger partial charge in [-0.05, 0) is 0 Å². The summed E-state index contributed by atoms with van der Waals surface area (Å²) in [4.78, 5) is 34.6. The van der Waals surface area contributed by atoms with Gasteiger partial charge in [0.1, 0.15) is 6.10 Å². The van der Waals surface area contributed by atoms with Crippen molar-refractivity contribution < 1.29 is 19.7 Å². The van der Waals surface area contributed by atoms with Gasteiger partial charge in [-0.3, -0.25) is 24.5 Å². The number of aliphatic hydroxyl groups excluding tert-OH is 2. The zero-order chi connectivity index (χ0) is 17.4. The highest BCUT2D eigenvalue weighted by Gasteiger charge is 2.36. The van der Waals surface area contributed by atoms with E-state index in [0.717, 1.165) is 0 Å². The molecular formula is C14H19N5O5. The van der Waals surface area contributed by atoms with Gasteiger partial charge in [0.05, 0.1) is 19.0 Å². The fourth-order valence-electron chi connectivity index (χ4n) is 2.53. The number of nitrogens with one attached hydrogen (secondary N) is 2. The van der Waals surface area contributed by atoms with Crippen LogP contribution in [0.25, 0.3) is 11.2 Å². The van der Waals surface area contributed by atoms with Crippen molar-refractivity contribution in [3.05, 3.63) is 16.7 Å². The molecule has 0 saturated carbocycles. The molecule has 1 aliphatic heterocycles. The molecule has 0 radical (unpaired) electrons. The van der Waals surface area contributed by atoms with Gasteiger partial charge in [-0.25, -0.2) is 4.98 Å². The minimum Gasteiger partial charge on any atom is -0.394 e. The lowest BCUT2D eigenvalue weighted by molar-refractivity contribution is -0.118. The molecule has 3 rings (SSSR count). The van der Waals surface area contributed by atoms with Crippen LogP contribution in [0.5, 0.6) is 0 Å². The van der Waals surface area contributed by atoms with Gasteiger partial charge >= 0.3 is 0 Å². The van der Waals surface area contributed by atoms with Crippen molar-refractivity contribution in [3.8, 4) is 0 Å². The van der Waals surface area contributed by atoms with E-state index in [1.807, 2.05) is 0 Å². The molecule has 1 fully saturated rings. The molecule has 2 aromatic rings. The molecule has 130 valence electrons. The maximum atomic E-state index is 12.1. The van der Waals surface area contributed by atoms with Gasteiger partial charge in [0.15, 0.2) is 17.4 Å². The number of aromatic amines is 1. The molecule has 4 N–H and O–H groups in total. The summed E-state index contributed by atoms with van der Waals surface area (Å²) in [7, 11) is 0. The molecular weight excluding hydrogens is 318 g/mol. The van der Waals surface area contributed by atoms with Gasteiger partial charge in [0.2, 0.25) is 11.9 Å². The van der Waals surface area contributed by atoms with Crippen LogP contribution in [0, 0.1) is 5.92 Å². The zero-order valence-electron chi connectivity index (χ0n) is 13.3. The summed E-state index contributed by atoms with van der Waals surface area (Å²) in [5.74, 6) is -0.568. The minimum atomic E-state index is -0.866. The number of carbonyl (C=O) groups is 1. The lowest BCUT2D eigenvalue weighted by Crippen LogP contribution is -2.23. The average molecular weight is 337 g/mol. The van der Waals surface area contributed by atoms with Crippen molar-refractivity contribution in [2.45, 2.75) is 38.7 Å². The van der Waals surface area contributed by atoms with E-state index in [1.165, 1.54) is 10.9 Å². The number of ether oxygens (including phenoxy) is 1. The number of anilines is 1. The fourth-order valence-corrected chi connectivity index (χ4v) is 2.53. The largest absolute Gasteiger partial charge is 0.394 e. The zero-order valence-corrected chi connectivity index (χ0v) is 13.3. The molecule has 0 unspecified atom stereocenters. The minimum absolute atomic E-state index is 0.000792. The second-order valence-corrected chi connectivity index (χ2v) is 6.02. The number of carbonyl (C=O) groups excluding carboxylic acids is 1. The van der Waals surface area contributed by atoms with Crippen molar-refractivity contribution >= 4 is 23.0 Å². The molecule has 10 nitrogen and oxygen atoms in total. The molecule has 1 saturated heterocycles. The molecule has 3 atom stereocenters. The number of rotatable bonds is 4. The lowest BCUT2D eigenvalue weighted by atomic mass is 10.2. The Bertz CT molecular complexity index is 813. The summed E-state index contributed by atoms with van der Waals surface area (Å²) in [5, 5.41) is 21.8. The number of fused-ring (bicyclic) bond motifs is 1. The molecule has 0 bridgehead atoms. The molecule has 0 aromatic carbocycles. The van der Waals surface area contributed by atoms with Crippen LogP contribution in [-0.2, 0) is 9.53 Å². The molecule has 3 heterocycles. The Labute approximate surface area is 136 Å². The van der Waals surface area contributed by atoms with Crippen molar-refractivity contribution in [1.29, 1.82) is 0 Å². The summed E-state index contributed by atoms with van der Waals surface area (Å²) in [6, 6.07) is 0. The molecule has 2 aromatic heterocycles. The Balaban J connectivity index is 2.00. The number of amides is 1. The highest BCUT2D eigenvalue weighted by Crippen LogP contribution is 2.30. The number of aliphatic hydroxyl groups is 2. The van der Waals surface area contributed by atoms with Crippen LogP contribution in [-0.4, -0.2) is 54.5 Å². The van der Waals surface area contributed by atoms with Crippen LogP contribution >= 0.6 is 0 Å². The average Bonchev–Trinajstić information content (AvgIpc) is 3.10. The van der Waals surface area contributed by atoms with Crippen molar-refractivity contribution in [1.82, 2.24) is 19.5 Å². The Kier molecular flexibility index (Phi) is 4.35. The topological polar surface area (TPSA) is 142 Å². The molecule has 1 amide bonds. The molecule has 0 spiro atoms. The van der Waals surface area contributed by atoms with Crippen molar-refractivity contribution in [2.24, 2.45) is 5.92 Å². The van der Waals surface area contributed by atoms with Gasteiger partial charge < -0.3 is 14.9 Å². The monoisotopic (exact) mass is 337 g/mol. The third-order valence-electron chi connectivity index (χ3n) is 3.84. The van der Waals surface area contributed by atoms with Gasteiger partial charge in [-0.1, -0.05) is 13.8 Å². The number of aromatic nitrogens is 4. The Morgan fingerprint density at radius 3 is 2.96 bits per heavy atom. The smallest absolute Gasteiger partial charge is 0.280 e. The first-order chi connectivity index (χ1) is 11.4. The maximum absolute atomic E-state index is 12.1. The first-order valence-corrected chi connectivity index (χ1v) is 7.62. The van der Waals surface area contributed by atoms with E-state index in [4.69, 9.17) is 4.74 Å². The van der Waals surface area contributed by atoms with Crippen LogP contribution in [0.15, 0.2) is 11.1 Å². The van der Waals surface area contributed by atoms with E-state index in [-0.39, 0.29) is 42.0 Å². The van der Waals surface area contributed by atoms with Crippen LogP contribution in [0.1, 0.15) is 26.5 Å². The predicted octanol–water partition coefficient (Wildman–Crippen LogP) is -0.645. The van der Waals surface area contributed by atoms with Crippen LogP contribution in [0.4, 0.5) is 5.95 Å². The standard InChI is InChI=1S/C14H19N5O5/c1-6(2)11(22)17-14-16-10-9(12(23)18-14)15-5-19(10)13-8(21)3-7(4-20)24-13/h5-8,13,20-21H,3-4H2,1-2H3,(H2,16,17,18,22,23)/t7-,8+,13+/m0/s1. The first kappa shape index (κ1) is 16.6. The third-order valence-corrected chi connectivity index (χ3v) is 3.84. The number of nitrogens with zero attached hydrogens (tertiary/aromatic N) is 3. The van der Waals surface area contributed by atoms with E-state index in [9.17, 15) is 19.8 Å². The molecule has 0 aliphatic carbocycles. The summed E-state index contributed by atoms with van der Waals surface area (Å²) >= 11 is 0. The maximum Gasteiger partial charge on any atom is 0.280 e.